The minimum absolute atomic E-state index is 0.0666. The van der Waals surface area contributed by atoms with Crippen LogP contribution in [-0.2, 0) is 73.1 Å². The van der Waals surface area contributed by atoms with Crippen molar-refractivity contribution in [3.05, 3.63) is 144 Å². The Morgan fingerprint density at radius 2 is 0.844 bits per heavy atom. The van der Waals surface area contributed by atoms with E-state index in [4.69, 9.17) is 52.1 Å². The van der Waals surface area contributed by atoms with Gasteiger partial charge in [-0.1, -0.05) is 84.9 Å². The van der Waals surface area contributed by atoms with E-state index in [1.54, 1.807) is 78.9 Å². The lowest BCUT2D eigenvalue weighted by Gasteiger charge is -2.46. The highest BCUT2D eigenvalue weighted by atomic mass is 16.8. The highest BCUT2D eigenvalue weighted by Crippen LogP contribution is 2.34. The maximum Gasteiger partial charge on any atom is 0.338 e. The lowest BCUT2D eigenvalue weighted by Crippen LogP contribution is -2.64. The molecule has 6 rings (SSSR count). The first kappa shape index (κ1) is 47.0. The van der Waals surface area contributed by atoms with Crippen molar-refractivity contribution in [3.63, 3.8) is 0 Å². The van der Waals surface area contributed by atoms with E-state index >= 15 is 0 Å². The Morgan fingerprint density at radius 1 is 0.438 bits per heavy atom. The fourth-order valence-electron chi connectivity index (χ4n) is 7.04. The van der Waals surface area contributed by atoms with Gasteiger partial charge in [0, 0.05) is 27.9 Å². The average Bonchev–Trinajstić information content (AvgIpc) is 3.30. The number of ether oxygens (including phenoxy) is 11. The normalized spacial score (nSPS) is 25.2. The Hall–Kier alpha value is -6.50. The van der Waals surface area contributed by atoms with E-state index < -0.39 is 110 Å². The van der Waals surface area contributed by atoms with Crippen molar-refractivity contribution >= 4 is 35.8 Å². The maximum absolute atomic E-state index is 13.9. The number of methoxy groups -OCH3 is 1. The van der Waals surface area contributed by atoms with Crippen molar-refractivity contribution in [2.75, 3.05) is 20.3 Å². The number of hydrogen-bond acceptors (Lipinski definition) is 17. The third-order valence-electron chi connectivity index (χ3n) is 9.94. The largest absolute Gasteiger partial charge is 0.463 e. The van der Waals surface area contributed by atoms with Crippen molar-refractivity contribution in [2.45, 2.75) is 88.8 Å². The zero-order valence-electron chi connectivity index (χ0n) is 35.4. The summed E-state index contributed by atoms with van der Waals surface area (Å²) in [5.74, 6) is -4.76. The summed E-state index contributed by atoms with van der Waals surface area (Å²) in [5, 5.41) is 0. The first-order valence-corrected chi connectivity index (χ1v) is 20.3. The van der Waals surface area contributed by atoms with Crippen LogP contribution in [0.5, 0.6) is 0 Å². The molecule has 0 N–H and O–H groups in total. The Morgan fingerprint density at radius 3 is 1.33 bits per heavy atom. The molecule has 338 valence electrons. The maximum atomic E-state index is 13.9. The van der Waals surface area contributed by atoms with Crippen LogP contribution in [0.1, 0.15) is 57.4 Å². The number of carbonyl (C=O) groups is 6. The molecule has 2 aliphatic rings. The molecule has 0 aromatic heterocycles. The monoisotopic (exact) mass is 884 g/mol. The van der Waals surface area contributed by atoms with Gasteiger partial charge in [0.25, 0.3) is 0 Å². The molecule has 0 spiro atoms. The molecule has 0 saturated carbocycles. The molecule has 17 nitrogen and oxygen atoms in total. The number of benzene rings is 4. The van der Waals surface area contributed by atoms with Crippen LogP contribution in [-0.4, -0.2) is 118 Å². The van der Waals surface area contributed by atoms with Crippen molar-refractivity contribution in [2.24, 2.45) is 0 Å². The zero-order chi connectivity index (χ0) is 45.6. The molecule has 0 bridgehead atoms. The molecule has 4 aromatic rings. The standard InChI is InChI=1S/C47H48O17/c1-28(48)55-26-35-37(58-29(2)49)39(59-30(3)50)41(56-25-31-17-9-5-10-18-31)47(61-35)57-27-36-38(62-43(51)32-19-11-6-12-20-32)40(63-44(52)33-21-13-7-14-22-33)42(46(54-4)60-36)64-45(53)34-23-15-8-16-24-34/h5-24,35-42,46-47H,25-27H2,1-4H3/t35-,36-,37+,38+,39+,40+,41-,42-,46-,47+/m1/s1. The summed E-state index contributed by atoms with van der Waals surface area (Å²) in [4.78, 5) is 78.5. The van der Waals surface area contributed by atoms with Crippen molar-refractivity contribution < 1.29 is 80.9 Å². The van der Waals surface area contributed by atoms with Gasteiger partial charge < -0.3 is 52.1 Å². The summed E-state index contributed by atoms with van der Waals surface area (Å²) in [6, 6.07) is 32.9. The minimum atomic E-state index is -1.60. The highest BCUT2D eigenvalue weighted by Gasteiger charge is 2.55. The van der Waals surface area contributed by atoms with Gasteiger partial charge in [-0.25, -0.2) is 14.4 Å². The van der Waals surface area contributed by atoms with Crippen LogP contribution in [0.25, 0.3) is 0 Å². The summed E-state index contributed by atoms with van der Waals surface area (Å²) in [5.41, 5.74) is 1.12. The topological polar surface area (TPSA) is 204 Å². The van der Waals surface area contributed by atoms with Gasteiger partial charge >= 0.3 is 35.8 Å². The molecular weight excluding hydrogens is 836 g/mol. The molecule has 0 unspecified atom stereocenters. The average molecular weight is 885 g/mol. The molecule has 4 aromatic carbocycles. The number of hydrogen-bond donors (Lipinski definition) is 0. The first-order valence-electron chi connectivity index (χ1n) is 20.3. The van der Waals surface area contributed by atoms with Crippen LogP contribution in [0.4, 0.5) is 0 Å². The third-order valence-corrected chi connectivity index (χ3v) is 9.94. The number of carbonyl (C=O) groups excluding carboxylic acids is 6. The van der Waals surface area contributed by atoms with Crippen molar-refractivity contribution in [1.82, 2.24) is 0 Å². The predicted octanol–water partition coefficient (Wildman–Crippen LogP) is 4.79. The highest BCUT2D eigenvalue weighted by molar-refractivity contribution is 5.91. The second-order valence-electron chi connectivity index (χ2n) is 14.6. The van der Waals surface area contributed by atoms with Crippen LogP contribution in [0.15, 0.2) is 121 Å². The Kier molecular flexibility index (Phi) is 16.7. The van der Waals surface area contributed by atoms with Gasteiger partial charge in [-0.2, -0.15) is 0 Å². The Labute approximate surface area is 368 Å². The molecule has 0 amide bonds. The van der Waals surface area contributed by atoms with Gasteiger partial charge in [0.2, 0.25) is 0 Å². The van der Waals surface area contributed by atoms with E-state index in [2.05, 4.69) is 0 Å². The number of rotatable bonds is 17. The lowest BCUT2D eigenvalue weighted by atomic mass is 9.97. The first-order chi connectivity index (χ1) is 30.9. The Balaban J connectivity index is 1.39. The predicted molar refractivity (Wildman–Crippen MR) is 220 cm³/mol. The fourth-order valence-corrected chi connectivity index (χ4v) is 7.04. The molecule has 2 aliphatic heterocycles. The third kappa shape index (κ3) is 12.6. The zero-order valence-corrected chi connectivity index (χ0v) is 35.4. The van der Waals surface area contributed by atoms with Crippen molar-refractivity contribution in [1.29, 1.82) is 0 Å². The van der Waals surface area contributed by atoms with Crippen molar-refractivity contribution in [3.8, 4) is 0 Å². The van der Waals surface area contributed by atoms with E-state index in [9.17, 15) is 28.8 Å². The molecular formula is C47H48O17. The molecule has 64 heavy (non-hydrogen) atoms. The van der Waals surface area contributed by atoms with Gasteiger partial charge in [-0.15, -0.1) is 0 Å². The molecule has 2 saturated heterocycles. The Bertz CT molecular complexity index is 2170. The van der Waals surface area contributed by atoms with Gasteiger partial charge in [0.15, 0.2) is 43.1 Å². The van der Waals surface area contributed by atoms with Gasteiger partial charge in [-0.3, -0.25) is 14.4 Å². The van der Waals surface area contributed by atoms with E-state index in [0.717, 1.165) is 13.8 Å². The van der Waals surface area contributed by atoms with E-state index in [-0.39, 0.29) is 23.3 Å². The summed E-state index contributed by atoms with van der Waals surface area (Å²) < 4.78 is 66.0. The van der Waals surface area contributed by atoms with Crippen LogP contribution in [0.3, 0.4) is 0 Å². The van der Waals surface area contributed by atoms with Crippen LogP contribution >= 0.6 is 0 Å². The van der Waals surface area contributed by atoms with E-state index in [0.29, 0.717) is 5.56 Å². The second kappa shape index (κ2) is 22.7. The molecule has 2 heterocycles. The van der Waals surface area contributed by atoms with Gasteiger partial charge in [-0.05, 0) is 42.0 Å². The summed E-state index contributed by atoms with van der Waals surface area (Å²) >= 11 is 0. The van der Waals surface area contributed by atoms with Gasteiger partial charge in [0.05, 0.1) is 29.9 Å². The van der Waals surface area contributed by atoms with Crippen LogP contribution in [0, 0.1) is 0 Å². The fraction of sp³-hybridized carbons (Fsp3) is 0.362. The summed E-state index contributed by atoms with van der Waals surface area (Å²) in [6.45, 7) is 2.38. The quantitative estimate of drug-likeness (QED) is 0.103. The molecule has 0 aliphatic carbocycles. The van der Waals surface area contributed by atoms with E-state index in [1.807, 2.05) is 6.07 Å². The molecule has 2 fully saturated rings. The van der Waals surface area contributed by atoms with Crippen LogP contribution in [0.2, 0.25) is 0 Å². The smallest absolute Gasteiger partial charge is 0.338 e. The SMILES string of the molecule is CO[C@@H]1O[C@H](CO[C@H]2O[C@H](COC(C)=O)[C@H](OC(C)=O)[C@H](OC(C)=O)[C@H]2OCc2ccccc2)[C@H](OC(=O)c2ccccc2)[C@H](OC(=O)c2ccccc2)[C@H]1OC(=O)c1ccccc1. The number of esters is 6. The molecule has 17 heteroatoms. The molecule has 10 atom stereocenters. The summed E-state index contributed by atoms with van der Waals surface area (Å²) in [7, 11) is 1.27. The second-order valence-corrected chi connectivity index (χ2v) is 14.6. The lowest BCUT2D eigenvalue weighted by molar-refractivity contribution is -0.334. The van der Waals surface area contributed by atoms with E-state index in [1.165, 1.54) is 50.4 Å². The van der Waals surface area contributed by atoms with Gasteiger partial charge in [0.1, 0.15) is 24.9 Å². The molecule has 0 radical (unpaired) electrons. The van der Waals surface area contributed by atoms with Crippen LogP contribution < -0.4 is 0 Å². The summed E-state index contributed by atoms with van der Waals surface area (Å²) in [6.07, 6.45) is -14.4. The minimum Gasteiger partial charge on any atom is -0.463 e.